The van der Waals surface area contributed by atoms with Crippen molar-refractivity contribution in [2.45, 2.75) is 11.9 Å². The number of benzene rings is 1. The predicted octanol–water partition coefficient (Wildman–Crippen LogP) is 2.77. The third-order valence-corrected chi connectivity index (χ3v) is 3.76. The van der Waals surface area contributed by atoms with E-state index in [1.54, 1.807) is 6.20 Å². The van der Waals surface area contributed by atoms with Crippen LogP contribution >= 0.6 is 11.8 Å². The second-order valence-corrected chi connectivity index (χ2v) is 5.56. The van der Waals surface area contributed by atoms with E-state index in [-0.39, 0.29) is 5.91 Å². The zero-order chi connectivity index (χ0) is 16.3. The van der Waals surface area contributed by atoms with Gasteiger partial charge in [0.2, 0.25) is 5.91 Å². The van der Waals surface area contributed by atoms with Gasteiger partial charge < -0.3 is 14.8 Å². The van der Waals surface area contributed by atoms with E-state index in [4.69, 9.17) is 9.47 Å². The van der Waals surface area contributed by atoms with Crippen LogP contribution in [-0.4, -0.2) is 36.4 Å². The van der Waals surface area contributed by atoms with Crippen LogP contribution in [0, 0.1) is 0 Å². The van der Waals surface area contributed by atoms with E-state index in [9.17, 15) is 4.79 Å². The van der Waals surface area contributed by atoms with Gasteiger partial charge in [0, 0.05) is 6.20 Å². The van der Waals surface area contributed by atoms with Gasteiger partial charge in [-0.3, -0.25) is 4.79 Å². The number of aromatic nitrogens is 1. The fraction of sp³-hybridized carbons (Fsp3) is 0.294. The van der Waals surface area contributed by atoms with Crippen molar-refractivity contribution >= 4 is 17.7 Å². The van der Waals surface area contributed by atoms with Gasteiger partial charge in [-0.05, 0) is 43.3 Å². The number of carbonyl (C=O) groups is 1. The Kier molecular flexibility index (Phi) is 7.26. The first-order valence-electron chi connectivity index (χ1n) is 7.44. The minimum Gasteiger partial charge on any atom is -0.494 e. The first-order valence-corrected chi connectivity index (χ1v) is 8.42. The van der Waals surface area contributed by atoms with E-state index in [0.29, 0.717) is 25.5 Å². The largest absolute Gasteiger partial charge is 0.494 e. The monoisotopic (exact) mass is 332 g/mol. The molecule has 0 atom stereocenters. The number of thioether (sulfide) groups is 1. The number of ether oxygens (including phenoxy) is 2. The van der Waals surface area contributed by atoms with Crippen molar-refractivity contribution in [1.82, 2.24) is 10.3 Å². The van der Waals surface area contributed by atoms with Crippen LogP contribution in [-0.2, 0) is 4.79 Å². The zero-order valence-electron chi connectivity index (χ0n) is 13.0. The van der Waals surface area contributed by atoms with Crippen LogP contribution < -0.4 is 14.8 Å². The predicted molar refractivity (Wildman–Crippen MR) is 91.1 cm³/mol. The van der Waals surface area contributed by atoms with Crippen LogP contribution in [0.15, 0.2) is 53.7 Å². The molecule has 23 heavy (non-hydrogen) atoms. The Balaban J connectivity index is 1.60. The zero-order valence-corrected chi connectivity index (χ0v) is 13.8. The summed E-state index contributed by atoms with van der Waals surface area (Å²) in [7, 11) is 0. The van der Waals surface area contributed by atoms with E-state index in [2.05, 4.69) is 10.3 Å². The van der Waals surface area contributed by atoms with Gasteiger partial charge >= 0.3 is 0 Å². The van der Waals surface area contributed by atoms with Crippen molar-refractivity contribution in [2.75, 3.05) is 25.5 Å². The van der Waals surface area contributed by atoms with E-state index in [1.165, 1.54) is 11.8 Å². The molecule has 1 aromatic heterocycles. The highest BCUT2D eigenvalue weighted by Gasteiger charge is 2.03. The number of rotatable bonds is 9. The Morgan fingerprint density at radius 1 is 1.13 bits per heavy atom. The van der Waals surface area contributed by atoms with Gasteiger partial charge in [-0.1, -0.05) is 17.8 Å². The Labute approximate surface area is 140 Å². The SMILES string of the molecule is CCOc1ccc(OCCNC(=O)CSc2ccccn2)cc1. The molecule has 0 spiro atoms. The highest BCUT2D eigenvalue weighted by atomic mass is 32.2. The lowest BCUT2D eigenvalue weighted by molar-refractivity contribution is -0.118. The summed E-state index contributed by atoms with van der Waals surface area (Å²) in [5.74, 6) is 1.89. The summed E-state index contributed by atoms with van der Waals surface area (Å²) in [6.45, 7) is 3.48. The summed E-state index contributed by atoms with van der Waals surface area (Å²) in [5, 5.41) is 3.66. The summed E-state index contributed by atoms with van der Waals surface area (Å²) in [6, 6.07) is 13.1. The minimum atomic E-state index is -0.0315. The molecule has 0 aliphatic heterocycles. The van der Waals surface area contributed by atoms with Crippen molar-refractivity contribution in [3.8, 4) is 11.5 Å². The Bertz CT molecular complexity index is 591. The number of nitrogens with zero attached hydrogens (tertiary/aromatic N) is 1. The number of hydrogen-bond donors (Lipinski definition) is 1. The molecule has 0 aliphatic rings. The van der Waals surface area contributed by atoms with Gasteiger partial charge in [0.25, 0.3) is 0 Å². The maximum atomic E-state index is 11.7. The molecule has 0 aliphatic carbocycles. The van der Waals surface area contributed by atoms with Crippen LogP contribution in [0.3, 0.4) is 0 Å². The standard InChI is InChI=1S/C17H20N2O3S/c1-2-21-14-6-8-15(9-7-14)22-12-11-18-16(20)13-23-17-5-3-4-10-19-17/h3-10H,2,11-13H2,1H3,(H,18,20). The molecular weight excluding hydrogens is 312 g/mol. The molecule has 6 heteroatoms. The molecule has 0 saturated carbocycles. The highest BCUT2D eigenvalue weighted by molar-refractivity contribution is 7.99. The van der Waals surface area contributed by atoms with Gasteiger partial charge in [-0.25, -0.2) is 4.98 Å². The van der Waals surface area contributed by atoms with Crippen LogP contribution in [0.4, 0.5) is 0 Å². The quantitative estimate of drug-likeness (QED) is 0.565. The third kappa shape index (κ3) is 6.61. The van der Waals surface area contributed by atoms with Crippen molar-refractivity contribution in [3.05, 3.63) is 48.7 Å². The molecular formula is C17H20N2O3S. The lowest BCUT2D eigenvalue weighted by atomic mass is 10.3. The molecule has 1 heterocycles. The van der Waals surface area contributed by atoms with Gasteiger partial charge in [0.15, 0.2) is 0 Å². The van der Waals surface area contributed by atoms with Crippen LogP contribution in [0.2, 0.25) is 0 Å². The lowest BCUT2D eigenvalue weighted by Gasteiger charge is -2.08. The van der Waals surface area contributed by atoms with Crippen LogP contribution in [0.5, 0.6) is 11.5 Å². The minimum absolute atomic E-state index is 0.0315. The molecule has 0 saturated heterocycles. The van der Waals surface area contributed by atoms with Gasteiger partial charge in [0.05, 0.1) is 23.9 Å². The summed E-state index contributed by atoms with van der Waals surface area (Å²) >= 11 is 1.41. The molecule has 1 amide bonds. The van der Waals surface area contributed by atoms with Crippen molar-refractivity contribution in [1.29, 1.82) is 0 Å². The highest BCUT2D eigenvalue weighted by Crippen LogP contribution is 2.17. The van der Waals surface area contributed by atoms with Crippen molar-refractivity contribution in [3.63, 3.8) is 0 Å². The number of pyridine rings is 1. The van der Waals surface area contributed by atoms with E-state index in [1.807, 2.05) is 49.4 Å². The van der Waals surface area contributed by atoms with Crippen LogP contribution in [0.25, 0.3) is 0 Å². The summed E-state index contributed by atoms with van der Waals surface area (Å²) in [4.78, 5) is 15.9. The van der Waals surface area contributed by atoms with E-state index < -0.39 is 0 Å². The van der Waals surface area contributed by atoms with Crippen molar-refractivity contribution < 1.29 is 14.3 Å². The smallest absolute Gasteiger partial charge is 0.230 e. The fourth-order valence-corrected chi connectivity index (χ4v) is 2.47. The van der Waals surface area contributed by atoms with Crippen LogP contribution in [0.1, 0.15) is 6.92 Å². The molecule has 0 bridgehead atoms. The number of amides is 1. The van der Waals surface area contributed by atoms with E-state index in [0.717, 1.165) is 16.5 Å². The van der Waals surface area contributed by atoms with Gasteiger partial charge in [-0.2, -0.15) is 0 Å². The molecule has 0 unspecified atom stereocenters. The molecule has 0 fully saturated rings. The summed E-state index contributed by atoms with van der Waals surface area (Å²) in [6.07, 6.45) is 1.71. The molecule has 122 valence electrons. The topological polar surface area (TPSA) is 60.5 Å². The van der Waals surface area contributed by atoms with E-state index >= 15 is 0 Å². The summed E-state index contributed by atoms with van der Waals surface area (Å²) in [5.41, 5.74) is 0. The molecule has 1 aromatic carbocycles. The molecule has 0 radical (unpaired) electrons. The maximum absolute atomic E-state index is 11.7. The normalized spacial score (nSPS) is 10.1. The Hall–Kier alpha value is -2.21. The molecule has 5 nitrogen and oxygen atoms in total. The Morgan fingerprint density at radius 3 is 2.52 bits per heavy atom. The number of hydrogen-bond acceptors (Lipinski definition) is 5. The molecule has 2 aromatic rings. The first-order chi connectivity index (χ1) is 11.3. The summed E-state index contributed by atoms with van der Waals surface area (Å²) < 4.78 is 10.9. The van der Waals surface area contributed by atoms with Gasteiger partial charge in [-0.15, -0.1) is 0 Å². The third-order valence-electron chi connectivity index (χ3n) is 2.82. The van der Waals surface area contributed by atoms with Crippen molar-refractivity contribution in [2.24, 2.45) is 0 Å². The second-order valence-electron chi connectivity index (χ2n) is 4.56. The molecule has 1 N–H and O–H groups in total. The molecule has 2 rings (SSSR count). The first kappa shape index (κ1) is 17.1. The maximum Gasteiger partial charge on any atom is 0.230 e. The van der Waals surface area contributed by atoms with Gasteiger partial charge in [0.1, 0.15) is 18.1 Å². The average Bonchev–Trinajstić information content (AvgIpc) is 2.59. The average molecular weight is 332 g/mol. The fourth-order valence-electron chi connectivity index (χ4n) is 1.78. The lowest BCUT2D eigenvalue weighted by Crippen LogP contribution is -2.29. The number of carbonyl (C=O) groups excluding carboxylic acids is 1. The Morgan fingerprint density at radius 2 is 1.87 bits per heavy atom. The number of nitrogens with one attached hydrogen (secondary N) is 1. The second kappa shape index (κ2) is 9.74.